The molecule has 0 spiro atoms. The van der Waals surface area contributed by atoms with Crippen LogP contribution in [-0.2, 0) is 0 Å². The molecule has 0 saturated heterocycles. The van der Waals surface area contributed by atoms with Crippen LogP contribution in [0.15, 0.2) is 3.15 Å². The number of hydrogen-bond acceptors (Lipinski definition) is 1. The summed E-state index contributed by atoms with van der Waals surface area (Å²) in [7, 11) is 0. The fourth-order valence-electron chi connectivity index (χ4n) is 0.0171. The van der Waals surface area contributed by atoms with Crippen molar-refractivity contribution in [1.82, 2.24) is 0 Å². The summed E-state index contributed by atoms with van der Waals surface area (Å²) >= 11 is 4.76. The van der Waals surface area contributed by atoms with Crippen molar-refractivity contribution in [2.24, 2.45) is 3.15 Å². The zero-order chi connectivity index (χ0) is 4.12. The average Bonchev–Trinajstić information content (AvgIpc) is 1.41. The number of rotatable bonds is 1. The van der Waals surface area contributed by atoms with E-state index in [1.54, 1.807) is 0 Å². The number of halogens is 3. The van der Waals surface area contributed by atoms with Crippen molar-refractivity contribution in [3.05, 3.63) is 0 Å². The SMILES string of the molecule is ICN=II. The molecule has 1 nitrogen and oxygen atoms in total. The zero-order valence-electron chi connectivity index (χ0n) is 2.29. The maximum Gasteiger partial charge on any atom is 0.0967 e. The molecule has 0 heterocycles. The van der Waals surface area contributed by atoms with Crippen LogP contribution in [0.25, 0.3) is 0 Å². The predicted molar refractivity (Wildman–Crippen MR) is 49.4 cm³/mol. The fraction of sp³-hybridized carbons (Fsp3) is 1.00. The third-order valence-electron chi connectivity index (χ3n) is 0.0904. The highest BCUT2D eigenvalue weighted by molar-refractivity contribution is 15.0. The van der Waals surface area contributed by atoms with Crippen LogP contribution in [0, 0.1) is 0 Å². The van der Waals surface area contributed by atoms with E-state index in [2.05, 4.69) is 44.4 Å². The van der Waals surface area contributed by atoms with Crippen molar-refractivity contribution >= 4 is 58.3 Å². The Morgan fingerprint density at radius 1 is 1.80 bits per heavy atom. The van der Waals surface area contributed by atoms with Crippen LogP contribution < -0.4 is 0 Å². The molecular weight excluding hydrogens is 407 g/mol. The van der Waals surface area contributed by atoms with E-state index in [9.17, 15) is 0 Å². The molecule has 5 heavy (non-hydrogen) atoms. The van der Waals surface area contributed by atoms with Crippen LogP contribution in [-0.4, -0.2) is 4.55 Å². The Morgan fingerprint density at radius 3 is 2.40 bits per heavy atom. The molecule has 0 aliphatic heterocycles. The number of nitrogens with zero attached hydrogens (tertiary/aromatic N) is 1. The maximum absolute atomic E-state index is 4.06. The van der Waals surface area contributed by atoms with E-state index >= 15 is 0 Å². The molecule has 0 aromatic rings. The van der Waals surface area contributed by atoms with Crippen molar-refractivity contribution in [2.45, 2.75) is 0 Å². The van der Waals surface area contributed by atoms with Gasteiger partial charge in [-0.15, -0.1) is 0 Å². The minimum Gasteiger partial charge on any atom is -0.242 e. The highest BCUT2D eigenvalue weighted by atomic mass is 128. The van der Waals surface area contributed by atoms with Crippen molar-refractivity contribution < 1.29 is 0 Å². The molecule has 0 amide bonds. The third kappa shape index (κ3) is 5.99. The first kappa shape index (κ1) is 6.99. The molecular formula is CH2I3N. The molecule has 0 atom stereocenters. The lowest BCUT2D eigenvalue weighted by Crippen LogP contribution is -1.40. The van der Waals surface area contributed by atoms with Crippen LogP contribution in [0.4, 0.5) is 0 Å². The monoisotopic (exact) mass is 409 g/mol. The molecule has 0 aromatic carbocycles. The second-order valence-electron chi connectivity index (χ2n) is 0.303. The van der Waals surface area contributed by atoms with Gasteiger partial charge < -0.3 is 0 Å². The minimum atomic E-state index is 0.195. The summed E-state index contributed by atoms with van der Waals surface area (Å²) in [6.07, 6.45) is 0. The summed E-state index contributed by atoms with van der Waals surface area (Å²) in [5.74, 6) is 0. The lowest BCUT2D eigenvalue weighted by atomic mass is 11.6. The van der Waals surface area contributed by atoms with Gasteiger partial charge in [-0.3, -0.25) is 0 Å². The Bertz CT molecular complexity index is 33.9. The molecule has 0 saturated carbocycles. The predicted octanol–water partition coefficient (Wildman–Crippen LogP) is 2.88. The van der Waals surface area contributed by atoms with Crippen LogP contribution in [0.3, 0.4) is 0 Å². The molecule has 0 N–H and O–H groups in total. The van der Waals surface area contributed by atoms with Gasteiger partial charge in [0.1, 0.15) is 0 Å². The minimum absolute atomic E-state index is 0.195. The van der Waals surface area contributed by atoms with Gasteiger partial charge in [-0.2, -0.15) is 0 Å². The van der Waals surface area contributed by atoms with Crippen molar-refractivity contribution in [2.75, 3.05) is 4.55 Å². The Kier molecular flexibility index (Phi) is 8.37. The summed E-state index contributed by atoms with van der Waals surface area (Å²) in [4.78, 5) is 0. The number of hydrogen-bond donors (Lipinski definition) is 0. The molecule has 0 unspecified atom stereocenters. The van der Waals surface area contributed by atoms with Gasteiger partial charge in [0.05, 0.1) is 21.6 Å². The van der Waals surface area contributed by atoms with E-state index in [-0.39, 0.29) is 17.1 Å². The summed E-state index contributed by atoms with van der Waals surface area (Å²) in [6.45, 7) is 0. The molecule has 0 aromatic heterocycles. The van der Waals surface area contributed by atoms with Crippen LogP contribution in [0.5, 0.6) is 0 Å². The van der Waals surface area contributed by atoms with Gasteiger partial charge in [0.15, 0.2) is 0 Å². The Balaban J connectivity index is 2.62. The standard InChI is InChI=1S/CH2I3N/c2-1-5-4-3/h1H2. The van der Waals surface area contributed by atoms with Crippen molar-refractivity contribution in [3.63, 3.8) is 0 Å². The van der Waals surface area contributed by atoms with Gasteiger partial charge in [-0.1, -0.05) is 22.6 Å². The fourth-order valence-corrected chi connectivity index (χ4v) is 5.15. The number of alkyl halides is 1. The van der Waals surface area contributed by atoms with Gasteiger partial charge in [-0.25, -0.2) is 3.15 Å². The summed E-state index contributed by atoms with van der Waals surface area (Å²) in [5.41, 5.74) is 0. The molecule has 32 valence electrons. The van der Waals surface area contributed by atoms with Crippen LogP contribution in [0.2, 0.25) is 0 Å². The molecule has 0 radical (unpaired) electrons. The lowest BCUT2D eigenvalue weighted by molar-refractivity contribution is 1.52. The molecule has 0 fully saturated rings. The highest BCUT2D eigenvalue weighted by Gasteiger charge is 1.55. The van der Waals surface area contributed by atoms with Crippen LogP contribution >= 0.6 is 58.3 Å². The lowest BCUT2D eigenvalue weighted by Gasteiger charge is -1.63. The smallest absolute Gasteiger partial charge is 0.0967 e. The van der Waals surface area contributed by atoms with E-state index < -0.39 is 0 Å². The summed E-state index contributed by atoms with van der Waals surface area (Å²) in [5, 5.41) is 0. The quantitative estimate of drug-likeness (QED) is 0.359. The van der Waals surface area contributed by atoms with Gasteiger partial charge in [0.25, 0.3) is 0 Å². The first-order valence-corrected chi connectivity index (χ1v) is 9.67. The Morgan fingerprint density at radius 2 is 2.40 bits per heavy atom. The topological polar surface area (TPSA) is 12.4 Å². The first-order valence-electron chi connectivity index (χ1n) is 0.895. The molecule has 0 aliphatic carbocycles. The molecule has 0 aliphatic rings. The van der Waals surface area contributed by atoms with E-state index in [1.807, 2.05) is 0 Å². The van der Waals surface area contributed by atoms with Crippen molar-refractivity contribution in [3.8, 4) is 0 Å². The molecule has 0 rings (SSSR count). The zero-order valence-corrected chi connectivity index (χ0v) is 8.76. The second-order valence-corrected chi connectivity index (χ2v) is 4.48. The van der Waals surface area contributed by atoms with E-state index in [4.69, 9.17) is 0 Å². The largest absolute Gasteiger partial charge is 0.242 e. The van der Waals surface area contributed by atoms with E-state index in [0.717, 1.165) is 4.55 Å². The van der Waals surface area contributed by atoms with Gasteiger partial charge >= 0.3 is 0 Å². The first-order chi connectivity index (χ1) is 2.41. The highest BCUT2D eigenvalue weighted by Crippen LogP contribution is 2.11. The second kappa shape index (κ2) is 5.99. The molecule has 0 bridgehead atoms. The van der Waals surface area contributed by atoms with Gasteiger partial charge in [-0.05, 0) is 0 Å². The van der Waals surface area contributed by atoms with Crippen molar-refractivity contribution in [1.29, 1.82) is 0 Å². The van der Waals surface area contributed by atoms with Gasteiger partial charge in [0.2, 0.25) is 0 Å². The van der Waals surface area contributed by atoms with E-state index in [1.165, 1.54) is 0 Å². The normalized spacial score (nSPS) is 11.6. The van der Waals surface area contributed by atoms with E-state index in [0.29, 0.717) is 0 Å². The third-order valence-corrected chi connectivity index (χ3v) is 4.07. The van der Waals surface area contributed by atoms with Gasteiger partial charge in [0, 0.05) is 18.6 Å². The summed E-state index contributed by atoms with van der Waals surface area (Å²) < 4.78 is 5.04. The average molecular weight is 409 g/mol. The Labute approximate surface area is 64.8 Å². The Hall–Kier alpha value is 1.99. The molecule has 4 heteroatoms. The maximum atomic E-state index is 4.06. The van der Waals surface area contributed by atoms with Crippen LogP contribution in [0.1, 0.15) is 0 Å². The summed E-state index contributed by atoms with van der Waals surface area (Å²) in [6, 6.07) is 0.